The predicted molar refractivity (Wildman–Crippen MR) is 138 cm³/mol. The number of nitriles is 1. The number of nitrogens with zero attached hydrogens (tertiary/aromatic N) is 1. The fraction of sp³-hybridized carbons (Fsp3) is 0.519. The van der Waals surface area contributed by atoms with Gasteiger partial charge in [-0.05, 0) is 37.1 Å². The van der Waals surface area contributed by atoms with Crippen molar-refractivity contribution in [2.45, 2.75) is 50.4 Å². The van der Waals surface area contributed by atoms with Crippen LogP contribution < -0.4 is 14.8 Å². The number of hydrogen-bond donors (Lipinski definition) is 1. The lowest BCUT2D eigenvalue weighted by molar-refractivity contribution is -0.234. The molecule has 2 aromatic rings. The Kier molecular flexibility index (Phi) is 10.9. The minimum atomic E-state index is -1.05. The molecule has 0 aliphatic heterocycles. The van der Waals surface area contributed by atoms with E-state index in [-0.39, 0.29) is 18.3 Å². The van der Waals surface area contributed by atoms with Gasteiger partial charge in [-0.3, -0.25) is 0 Å². The van der Waals surface area contributed by atoms with Crippen molar-refractivity contribution < 1.29 is 18.9 Å². The SMILES string of the molecule is CCC(CC(OC)(OC)c1ccccc1)(NC)C(C#N)(c1ccc(OC)c(OC)c1)C(C)C.Cl. The molecule has 2 rings (SSSR count). The number of rotatable bonds is 12. The van der Waals surface area contributed by atoms with E-state index in [9.17, 15) is 5.26 Å². The fourth-order valence-corrected chi connectivity index (χ4v) is 5.20. The maximum Gasteiger partial charge on any atom is 0.196 e. The van der Waals surface area contributed by atoms with Gasteiger partial charge in [0, 0.05) is 31.7 Å². The number of nitrogens with one attached hydrogen (secondary N) is 1. The van der Waals surface area contributed by atoms with Crippen LogP contribution in [0.3, 0.4) is 0 Å². The molecule has 6 nitrogen and oxygen atoms in total. The minimum Gasteiger partial charge on any atom is -0.493 e. The molecule has 1 N–H and O–H groups in total. The van der Waals surface area contributed by atoms with Gasteiger partial charge < -0.3 is 24.3 Å². The van der Waals surface area contributed by atoms with Crippen molar-refractivity contribution >= 4 is 12.4 Å². The molecule has 188 valence electrons. The third-order valence-electron chi connectivity index (χ3n) is 7.13. The molecule has 2 unspecified atom stereocenters. The first-order valence-electron chi connectivity index (χ1n) is 11.3. The molecule has 7 heteroatoms. The summed E-state index contributed by atoms with van der Waals surface area (Å²) in [6.45, 7) is 6.24. The number of halogens is 1. The molecule has 0 heterocycles. The lowest BCUT2D eigenvalue weighted by Gasteiger charge is -2.52. The Hall–Kier alpha value is -2.30. The molecule has 0 aliphatic carbocycles. The van der Waals surface area contributed by atoms with Gasteiger partial charge in [0.15, 0.2) is 17.3 Å². The molecule has 2 aromatic carbocycles. The van der Waals surface area contributed by atoms with Crippen molar-refractivity contribution in [1.29, 1.82) is 5.26 Å². The number of hydrogen-bond acceptors (Lipinski definition) is 6. The quantitative estimate of drug-likeness (QED) is 0.399. The van der Waals surface area contributed by atoms with Crippen molar-refractivity contribution in [2.75, 3.05) is 35.5 Å². The van der Waals surface area contributed by atoms with Crippen LogP contribution in [0.2, 0.25) is 0 Å². The third kappa shape index (κ3) is 4.89. The topological polar surface area (TPSA) is 72.7 Å². The van der Waals surface area contributed by atoms with E-state index in [4.69, 9.17) is 18.9 Å². The zero-order valence-corrected chi connectivity index (χ0v) is 22.4. The summed E-state index contributed by atoms with van der Waals surface area (Å²) in [7, 11) is 8.40. The first-order chi connectivity index (χ1) is 15.8. The van der Waals surface area contributed by atoms with Crippen molar-refractivity contribution in [3.8, 4) is 17.6 Å². The van der Waals surface area contributed by atoms with Crippen LogP contribution in [0.25, 0.3) is 0 Å². The normalized spacial score (nSPS) is 14.9. The molecule has 0 amide bonds. The summed E-state index contributed by atoms with van der Waals surface area (Å²) in [5.41, 5.74) is 0.0962. The van der Waals surface area contributed by atoms with E-state index >= 15 is 0 Å². The van der Waals surface area contributed by atoms with Gasteiger partial charge in [-0.25, -0.2) is 0 Å². The second-order valence-electron chi connectivity index (χ2n) is 8.53. The van der Waals surface area contributed by atoms with Gasteiger partial charge in [0.2, 0.25) is 0 Å². The smallest absolute Gasteiger partial charge is 0.196 e. The molecule has 0 aliphatic rings. The fourth-order valence-electron chi connectivity index (χ4n) is 5.20. The van der Waals surface area contributed by atoms with Crippen molar-refractivity contribution in [1.82, 2.24) is 5.32 Å². The van der Waals surface area contributed by atoms with Crippen LogP contribution in [-0.2, 0) is 20.7 Å². The molecule has 0 saturated carbocycles. The van der Waals surface area contributed by atoms with Gasteiger partial charge in [-0.2, -0.15) is 5.26 Å². The lowest BCUT2D eigenvalue weighted by Crippen LogP contribution is -2.64. The number of benzene rings is 2. The third-order valence-corrected chi connectivity index (χ3v) is 7.13. The Labute approximate surface area is 211 Å². The lowest BCUT2D eigenvalue weighted by atomic mass is 9.56. The maximum absolute atomic E-state index is 10.9. The van der Waals surface area contributed by atoms with Crippen LogP contribution in [0, 0.1) is 17.2 Å². The first kappa shape index (κ1) is 29.7. The summed E-state index contributed by atoms with van der Waals surface area (Å²) < 4.78 is 23.1. The van der Waals surface area contributed by atoms with Crippen LogP contribution in [0.4, 0.5) is 0 Å². The van der Waals surface area contributed by atoms with Crippen molar-refractivity contribution in [3.05, 3.63) is 59.7 Å². The Balaban J connectivity index is 0.00000578. The van der Waals surface area contributed by atoms with E-state index in [1.165, 1.54) is 0 Å². The van der Waals surface area contributed by atoms with Crippen molar-refractivity contribution in [3.63, 3.8) is 0 Å². The Morgan fingerprint density at radius 2 is 1.50 bits per heavy atom. The highest BCUT2D eigenvalue weighted by atomic mass is 35.5. The molecule has 0 aromatic heterocycles. The highest BCUT2D eigenvalue weighted by Crippen LogP contribution is 2.51. The summed E-state index contributed by atoms with van der Waals surface area (Å²) >= 11 is 0. The van der Waals surface area contributed by atoms with E-state index in [1.54, 1.807) is 28.4 Å². The van der Waals surface area contributed by atoms with Gasteiger partial charge in [0.1, 0.15) is 5.41 Å². The molecule has 0 saturated heterocycles. The summed E-state index contributed by atoms with van der Waals surface area (Å²) in [4.78, 5) is 0. The van der Waals surface area contributed by atoms with E-state index in [0.717, 1.165) is 11.1 Å². The Morgan fingerprint density at radius 1 is 0.912 bits per heavy atom. The standard InChI is InChI=1S/C27H38N2O4.ClH/c1-9-25(29-4,18-27(32-7,33-8)21-13-11-10-12-14-21)26(19-28,20(2)3)22-15-16-23(30-5)24(17-22)31-6;/h10-17,20,29H,9,18H2,1-8H3;1H. The number of likely N-dealkylation sites (N-methyl/N-ethyl adjacent to an activating group) is 1. The summed E-state index contributed by atoms with van der Waals surface area (Å²) in [5, 5.41) is 14.4. The molecular weight excluding hydrogens is 452 g/mol. The van der Waals surface area contributed by atoms with Crippen LogP contribution >= 0.6 is 12.4 Å². The molecule has 0 fully saturated rings. The average Bonchev–Trinajstić information content (AvgIpc) is 2.87. The summed E-state index contributed by atoms with van der Waals surface area (Å²) in [6, 6.07) is 18.3. The van der Waals surface area contributed by atoms with E-state index in [2.05, 4.69) is 32.2 Å². The average molecular weight is 491 g/mol. The number of methoxy groups -OCH3 is 4. The molecule has 0 radical (unpaired) electrons. The van der Waals surface area contributed by atoms with Gasteiger partial charge in [0.05, 0.1) is 20.3 Å². The van der Waals surface area contributed by atoms with Gasteiger partial charge >= 0.3 is 0 Å². The highest BCUT2D eigenvalue weighted by molar-refractivity contribution is 5.85. The second kappa shape index (κ2) is 12.4. The van der Waals surface area contributed by atoms with E-state index in [0.29, 0.717) is 24.3 Å². The van der Waals surface area contributed by atoms with Gasteiger partial charge in [-0.15, -0.1) is 12.4 Å². The van der Waals surface area contributed by atoms with Crippen LogP contribution in [0.15, 0.2) is 48.5 Å². The van der Waals surface area contributed by atoms with Crippen LogP contribution in [-0.4, -0.2) is 41.0 Å². The zero-order chi connectivity index (χ0) is 24.7. The van der Waals surface area contributed by atoms with E-state index < -0.39 is 16.7 Å². The maximum atomic E-state index is 10.9. The first-order valence-corrected chi connectivity index (χ1v) is 11.3. The highest BCUT2D eigenvalue weighted by Gasteiger charge is 2.57. The monoisotopic (exact) mass is 490 g/mol. The minimum absolute atomic E-state index is 0. The molecule has 2 atom stereocenters. The van der Waals surface area contributed by atoms with E-state index in [1.807, 2.05) is 55.6 Å². The Bertz CT molecular complexity index is 937. The Morgan fingerprint density at radius 3 is 1.91 bits per heavy atom. The predicted octanol–water partition coefficient (Wildman–Crippen LogP) is 5.45. The zero-order valence-electron chi connectivity index (χ0n) is 21.6. The van der Waals surface area contributed by atoms with Crippen LogP contribution in [0.5, 0.6) is 11.5 Å². The summed E-state index contributed by atoms with van der Waals surface area (Å²) in [5.74, 6) is 0.114. The molecule has 34 heavy (non-hydrogen) atoms. The molecular formula is C27H39ClN2O4. The molecule has 0 spiro atoms. The van der Waals surface area contributed by atoms with Crippen molar-refractivity contribution in [2.24, 2.45) is 5.92 Å². The summed E-state index contributed by atoms with van der Waals surface area (Å²) in [6.07, 6.45) is 1.06. The largest absolute Gasteiger partial charge is 0.493 e. The van der Waals surface area contributed by atoms with Crippen LogP contribution in [0.1, 0.15) is 44.7 Å². The molecule has 0 bridgehead atoms. The second-order valence-corrected chi connectivity index (χ2v) is 8.53. The number of ether oxygens (including phenoxy) is 4. The van der Waals surface area contributed by atoms with Gasteiger partial charge in [-0.1, -0.05) is 57.2 Å². The van der Waals surface area contributed by atoms with Gasteiger partial charge in [0.25, 0.3) is 0 Å².